The summed E-state index contributed by atoms with van der Waals surface area (Å²) in [5.41, 5.74) is 3.61. The zero-order chi connectivity index (χ0) is 14.1. The Morgan fingerprint density at radius 3 is 2.37 bits per heavy atom. The number of carbonyl (C=O) groups is 2. The number of para-hydroxylation sites is 1. The van der Waals surface area contributed by atoms with Gasteiger partial charge in [0.05, 0.1) is 26.3 Å². The third kappa shape index (κ3) is 5.20. The molecule has 0 radical (unpaired) electrons. The lowest BCUT2D eigenvalue weighted by molar-refractivity contribution is -0.140. The van der Waals surface area contributed by atoms with Crippen LogP contribution in [-0.2, 0) is 19.1 Å². The first-order valence-electron chi connectivity index (χ1n) is 5.70. The van der Waals surface area contributed by atoms with Crippen LogP contribution in [0.15, 0.2) is 35.4 Å². The predicted octanol–water partition coefficient (Wildman–Crippen LogP) is 1.58. The molecule has 1 N–H and O–H groups in total. The quantitative estimate of drug-likeness (QED) is 0.479. The summed E-state index contributed by atoms with van der Waals surface area (Å²) in [4.78, 5) is 22.5. The van der Waals surface area contributed by atoms with Gasteiger partial charge >= 0.3 is 11.9 Å². The fraction of sp³-hybridized carbons (Fsp3) is 0.308. The van der Waals surface area contributed by atoms with Crippen LogP contribution in [0, 0.1) is 0 Å². The van der Waals surface area contributed by atoms with E-state index in [1.165, 1.54) is 14.2 Å². The van der Waals surface area contributed by atoms with Crippen molar-refractivity contribution in [1.29, 1.82) is 0 Å². The van der Waals surface area contributed by atoms with Gasteiger partial charge in [-0.2, -0.15) is 5.10 Å². The third-order valence-corrected chi connectivity index (χ3v) is 2.31. The Labute approximate surface area is 111 Å². The molecule has 1 rings (SSSR count). The Morgan fingerprint density at radius 1 is 1.11 bits per heavy atom. The van der Waals surface area contributed by atoms with E-state index >= 15 is 0 Å². The molecular weight excluding hydrogens is 248 g/mol. The summed E-state index contributed by atoms with van der Waals surface area (Å²) in [5.74, 6) is -0.983. The summed E-state index contributed by atoms with van der Waals surface area (Å²) in [6, 6.07) is 9.15. The number of hydrazone groups is 1. The molecule has 0 aliphatic rings. The van der Waals surface area contributed by atoms with Gasteiger partial charge in [0.2, 0.25) is 0 Å². The van der Waals surface area contributed by atoms with Gasteiger partial charge < -0.3 is 9.47 Å². The second-order valence-electron chi connectivity index (χ2n) is 3.60. The molecule has 0 aliphatic heterocycles. The Kier molecular flexibility index (Phi) is 6.08. The molecule has 0 saturated carbocycles. The summed E-state index contributed by atoms with van der Waals surface area (Å²) >= 11 is 0. The van der Waals surface area contributed by atoms with Crippen LogP contribution in [0.2, 0.25) is 0 Å². The van der Waals surface area contributed by atoms with Gasteiger partial charge in [0.25, 0.3) is 0 Å². The molecule has 0 fully saturated rings. The number of esters is 2. The molecule has 1 aromatic carbocycles. The molecule has 6 heteroatoms. The smallest absolute Gasteiger partial charge is 0.354 e. The summed E-state index contributed by atoms with van der Waals surface area (Å²) < 4.78 is 9.12. The molecule has 0 amide bonds. The van der Waals surface area contributed by atoms with E-state index < -0.39 is 11.9 Å². The molecule has 0 unspecified atom stereocenters. The molecule has 1 aromatic rings. The lowest BCUT2D eigenvalue weighted by Crippen LogP contribution is -2.19. The lowest BCUT2D eigenvalue weighted by Gasteiger charge is -2.05. The van der Waals surface area contributed by atoms with E-state index in [4.69, 9.17) is 0 Å². The number of hydrogen-bond donors (Lipinski definition) is 1. The highest BCUT2D eigenvalue weighted by atomic mass is 16.5. The average molecular weight is 264 g/mol. The molecular formula is C13H16N2O4. The molecule has 0 heterocycles. The molecule has 0 saturated heterocycles. The normalized spacial score (nSPS) is 10.7. The van der Waals surface area contributed by atoms with Crippen molar-refractivity contribution in [2.45, 2.75) is 12.8 Å². The summed E-state index contributed by atoms with van der Waals surface area (Å²) in [5, 5.41) is 3.96. The first-order chi connectivity index (χ1) is 9.17. The van der Waals surface area contributed by atoms with Crippen molar-refractivity contribution in [3.05, 3.63) is 30.3 Å². The highest BCUT2D eigenvalue weighted by molar-refractivity contribution is 6.36. The van der Waals surface area contributed by atoms with Crippen LogP contribution >= 0.6 is 0 Å². The fourth-order valence-corrected chi connectivity index (χ4v) is 1.29. The van der Waals surface area contributed by atoms with Gasteiger partial charge in [-0.05, 0) is 12.1 Å². The summed E-state index contributed by atoms with van der Waals surface area (Å²) in [6.45, 7) is 0. The number of nitrogens with zero attached hydrogens (tertiary/aromatic N) is 1. The Morgan fingerprint density at radius 2 is 1.79 bits per heavy atom. The van der Waals surface area contributed by atoms with Crippen molar-refractivity contribution in [2.24, 2.45) is 5.10 Å². The molecule has 0 atom stereocenters. The topological polar surface area (TPSA) is 77.0 Å². The van der Waals surface area contributed by atoms with Crippen LogP contribution in [0.1, 0.15) is 12.8 Å². The van der Waals surface area contributed by atoms with Gasteiger partial charge in [-0.3, -0.25) is 10.2 Å². The zero-order valence-corrected chi connectivity index (χ0v) is 10.9. The highest BCUT2D eigenvalue weighted by Gasteiger charge is 2.14. The van der Waals surface area contributed by atoms with Crippen LogP contribution in [0.4, 0.5) is 5.69 Å². The minimum absolute atomic E-state index is 0.0703. The second-order valence-corrected chi connectivity index (χ2v) is 3.60. The maximum absolute atomic E-state index is 11.5. The van der Waals surface area contributed by atoms with E-state index in [0.29, 0.717) is 0 Å². The standard InChI is InChI=1S/C13H16N2O4/c1-18-12(16)9-8-11(13(17)19-2)15-14-10-6-4-3-5-7-10/h3-7,14H,8-9H2,1-2H3/b15-11-. The number of anilines is 1. The van der Waals surface area contributed by atoms with E-state index in [1.54, 1.807) is 12.1 Å². The Bertz CT molecular complexity index is 457. The molecule has 6 nitrogen and oxygen atoms in total. The molecule has 0 aromatic heterocycles. The third-order valence-electron chi connectivity index (χ3n) is 2.31. The monoisotopic (exact) mass is 264 g/mol. The number of ether oxygens (including phenoxy) is 2. The van der Waals surface area contributed by atoms with Crippen LogP contribution in [0.5, 0.6) is 0 Å². The zero-order valence-electron chi connectivity index (χ0n) is 10.9. The lowest BCUT2D eigenvalue weighted by atomic mass is 10.2. The molecule has 0 aliphatic carbocycles. The van der Waals surface area contributed by atoms with Crippen molar-refractivity contribution in [2.75, 3.05) is 19.6 Å². The first-order valence-corrected chi connectivity index (χ1v) is 5.70. The van der Waals surface area contributed by atoms with Crippen molar-refractivity contribution < 1.29 is 19.1 Å². The minimum Gasteiger partial charge on any atom is -0.469 e. The maximum Gasteiger partial charge on any atom is 0.354 e. The largest absolute Gasteiger partial charge is 0.469 e. The van der Waals surface area contributed by atoms with E-state index in [9.17, 15) is 9.59 Å². The van der Waals surface area contributed by atoms with Crippen LogP contribution < -0.4 is 5.43 Å². The van der Waals surface area contributed by atoms with E-state index in [2.05, 4.69) is 20.0 Å². The molecule has 19 heavy (non-hydrogen) atoms. The second kappa shape index (κ2) is 7.86. The maximum atomic E-state index is 11.5. The van der Waals surface area contributed by atoms with Crippen molar-refractivity contribution >= 4 is 23.3 Å². The van der Waals surface area contributed by atoms with E-state index in [1.807, 2.05) is 18.2 Å². The van der Waals surface area contributed by atoms with Crippen molar-refractivity contribution in [3.8, 4) is 0 Å². The number of rotatable bonds is 6. The number of benzene rings is 1. The minimum atomic E-state index is -0.577. The van der Waals surface area contributed by atoms with Gasteiger partial charge in [-0.1, -0.05) is 18.2 Å². The molecule has 0 bridgehead atoms. The number of methoxy groups -OCH3 is 2. The van der Waals surface area contributed by atoms with E-state index in [-0.39, 0.29) is 18.6 Å². The highest BCUT2D eigenvalue weighted by Crippen LogP contribution is 2.06. The number of hydrogen-bond acceptors (Lipinski definition) is 6. The first kappa shape index (κ1) is 14.7. The average Bonchev–Trinajstić information content (AvgIpc) is 2.47. The SMILES string of the molecule is COC(=O)CC/C(=N/Nc1ccccc1)C(=O)OC. The predicted molar refractivity (Wildman–Crippen MR) is 70.8 cm³/mol. The molecule has 102 valence electrons. The van der Waals surface area contributed by atoms with Crippen molar-refractivity contribution in [3.63, 3.8) is 0 Å². The van der Waals surface area contributed by atoms with Crippen LogP contribution in [0.3, 0.4) is 0 Å². The van der Waals surface area contributed by atoms with Gasteiger partial charge in [0.1, 0.15) is 5.71 Å². The van der Waals surface area contributed by atoms with Gasteiger partial charge in [0.15, 0.2) is 0 Å². The van der Waals surface area contributed by atoms with Crippen molar-refractivity contribution in [1.82, 2.24) is 0 Å². The van der Waals surface area contributed by atoms with Gasteiger partial charge in [0, 0.05) is 6.42 Å². The van der Waals surface area contributed by atoms with Crippen LogP contribution in [0.25, 0.3) is 0 Å². The fourth-order valence-electron chi connectivity index (χ4n) is 1.29. The number of nitrogens with one attached hydrogen (secondary N) is 1. The summed E-state index contributed by atoms with van der Waals surface area (Å²) in [6.07, 6.45) is 0.222. The molecule has 0 spiro atoms. The van der Waals surface area contributed by atoms with Gasteiger partial charge in [-0.15, -0.1) is 0 Å². The van der Waals surface area contributed by atoms with Crippen LogP contribution in [-0.4, -0.2) is 31.9 Å². The Balaban J connectivity index is 2.68. The number of carbonyl (C=O) groups excluding carboxylic acids is 2. The van der Waals surface area contributed by atoms with E-state index in [0.717, 1.165) is 5.69 Å². The Hall–Kier alpha value is -2.37. The summed E-state index contributed by atoms with van der Waals surface area (Å²) in [7, 11) is 2.55. The van der Waals surface area contributed by atoms with Gasteiger partial charge in [-0.25, -0.2) is 4.79 Å².